The molecule has 1 atom stereocenters. The van der Waals surface area contributed by atoms with Crippen molar-refractivity contribution in [1.82, 2.24) is 4.90 Å². The first-order valence-electron chi connectivity index (χ1n) is 7.74. The first-order chi connectivity index (χ1) is 11.1. The zero-order valence-corrected chi connectivity index (χ0v) is 14.5. The molecule has 0 radical (unpaired) electrons. The van der Waals surface area contributed by atoms with E-state index in [1.54, 1.807) is 7.11 Å². The van der Waals surface area contributed by atoms with E-state index in [4.69, 9.17) is 4.74 Å². The Bertz CT molecular complexity index is 712. The maximum absolute atomic E-state index is 12.9. The number of carbonyl (C=O) groups excluding carboxylic acids is 1. The molecule has 0 unspecified atom stereocenters. The molecule has 1 amide bonds. The number of carbonyl (C=O) groups is 1. The van der Waals surface area contributed by atoms with Crippen LogP contribution in [-0.2, 0) is 0 Å². The van der Waals surface area contributed by atoms with Crippen LogP contribution in [0.4, 0.5) is 0 Å². The average molecular weight is 327 g/mol. The van der Waals surface area contributed by atoms with Gasteiger partial charge in [0.15, 0.2) is 0 Å². The first-order valence-corrected chi connectivity index (χ1v) is 8.79. The van der Waals surface area contributed by atoms with Gasteiger partial charge in [0, 0.05) is 17.9 Å². The summed E-state index contributed by atoms with van der Waals surface area (Å²) in [4.78, 5) is 14.9. The highest BCUT2D eigenvalue weighted by Gasteiger charge is 2.32. The van der Waals surface area contributed by atoms with Crippen molar-refractivity contribution in [3.63, 3.8) is 0 Å². The number of aryl methyl sites for hydroxylation is 2. The largest absolute Gasteiger partial charge is 0.497 e. The van der Waals surface area contributed by atoms with Crippen molar-refractivity contribution in [1.29, 1.82) is 0 Å². The molecule has 3 nitrogen and oxygen atoms in total. The molecule has 0 aliphatic carbocycles. The Morgan fingerprint density at radius 2 is 1.91 bits per heavy atom. The second-order valence-electron chi connectivity index (χ2n) is 5.81. The van der Waals surface area contributed by atoms with Gasteiger partial charge in [-0.15, -0.1) is 11.8 Å². The Hall–Kier alpha value is -1.94. The van der Waals surface area contributed by atoms with Crippen molar-refractivity contribution >= 4 is 17.7 Å². The van der Waals surface area contributed by atoms with Crippen LogP contribution in [0.25, 0.3) is 0 Å². The van der Waals surface area contributed by atoms with Gasteiger partial charge in [0.2, 0.25) is 0 Å². The van der Waals surface area contributed by atoms with Crippen LogP contribution in [0.5, 0.6) is 5.75 Å². The average Bonchev–Trinajstić information content (AvgIpc) is 3.03. The number of hydrogen-bond acceptors (Lipinski definition) is 3. The minimum Gasteiger partial charge on any atom is -0.497 e. The standard InChI is InChI=1S/C19H21NO2S/c1-13-4-9-17(14(2)12-13)19-20(10-11-23-19)18(21)15-5-7-16(22-3)8-6-15/h4-9,12,19H,10-11H2,1-3H3/t19-/m0/s1. The number of thioether (sulfide) groups is 1. The van der Waals surface area contributed by atoms with E-state index in [-0.39, 0.29) is 11.3 Å². The van der Waals surface area contributed by atoms with Crippen LogP contribution in [0.2, 0.25) is 0 Å². The molecule has 23 heavy (non-hydrogen) atoms. The lowest BCUT2D eigenvalue weighted by atomic mass is 10.0. The second kappa shape index (κ2) is 6.67. The van der Waals surface area contributed by atoms with Crippen LogP contribution in [0, 0.1) is 13.8 Å². The van der Waals surface area contributed by atoms with Crippen LogP contribution < -0.4 is 4.74 Å². The van der Waals surface area contributed by atoms with Gasteiger partial charge < -0.3 is 9.64 Å². The van der Waals surface area contributed by atoms with E-state index in [1.165, 1.54) is 16.7 Å². The van der Waals surface area contributed by atoms with Crippen LogP contribution in [0.1, 0.15) is 32.4 Å². The van der Waals surface area contributed by atoms with Crippen LogP contribution in [-0.4, -0.2) is 30.2 Å². The molecule has 0 aromatic heterocycles. The lowest BCUT2D eigenvalue weighted by Gasteiger charge is -2.25. The minimum atomic E-state index is 0.0858. The van der Waals surface area contributed by atoms with E-state index in [0.29, 0.717) is 5.56 Å². The quantitative estimate of drug-likeness (QED) is 0.846. The number of methoxy groups -OCH3 is 1. The summed E-state index contributed by atoms with van der Waals surface area (Å²) in [5.74, 6) is 1.82. The summed E-state index contributed by atoms with van der Waals surface area (Å²) in [5.41, 5.74) is 4.45. The number of ether oxygens (including phenoxy) is 1. The molecule has 1 aliphatic rings. The van der Waals surface area contributed by atoms with E-state index < -0.39 is 0 Å². The third-order valence-corrected chi connectivity index (χ3v) is 5.42. The molecule has 0 bridgehead atoms. The summed E-state index contributed by atoms with van der Waals surface area (Å²) in [6.07, 6.45) is 0. The van der Waals surface area contributed by atoms with Gasteiger partial charge in [0.25, 0.3) is 5.91 Å². The van der Waals surface area contributed by atoms with Crippen molar-refractivity contribution < 1.29 is 9.53 Å². The van der Waals surface area contributed by atoms with E-state index in [9.17, 15) is 4.79 Å². The van der Waals surface area contributed by atoms with Gasteiger partial charge in [-0.1, -0.05) is 23.8 Å². The summed E-state index contributed by atoms with van der Waals surface area (Å²) in [5, 5.41) is 0.102. The van der Waals surface area contributed by atoms with E-state index in [2.05, 4.69) is 32.0 Å². The number of hydrogen-bond donors (Lipinski definition) is 0. The topological polar surface area (TPSA) is 29.5 Å². The molecule has 0 saturated carbocycles. The lowest BCUT2D eigenvalue weighted by Crippen LogP contribution is -2.30. The number of rotatable bonds is 3. The third-order valence-electron chi connectivity index (χ3n) is 4.18. The smallest absolute Gasteiger partial charge is 0.255 e. The van der Waals surface area contributed by atoms with Crippen molar-refractivity contribution in [2.45, 2.75) is 19.2 Å². The van der Waals surface area contributed by atoms with Crippen molar-refractivity contribution in [2.75, 3.05) is 19.4 Å². The van der Waals surface area contributed by atoms with E-state index in [0.717, 1.165) is 18.0 Å². The summed E-state index contributed by atoms with van der Waals surface area (Å²) < 4.78 is 5.16. The molecule has 1 fully saturated rings. The van der Waals surface area contributed by atoms with Crippen molar-refractivity contribution in [3.8, 4) is 5.75 Å². The van der Waals surface area contributed by atoms with Crippen molar-refractivity contribution in [2.24, 2.45) is 0 Å². The number of amides is 1. The molecule has 1 aliphatic heterocycles. The molecule has 2 aromatic rings. The molecule has 120 valence electrons. The molecule has 2 aromatic carbocycles. The van der Waals surface area contributed by atoms with Crippen LogP contribution in [0.3, 0.4) is 0 Å². The summed E-state index contributed by atoms with van der Waals surface area (Å²) in [6, 6.07) is 13.8. The predicted octanol–water partition coefficient (Wildman–Crippen LogP) is 4.20. The molecular formula is C19H21NO2S. The lowest BCUT2D eigenvalue weighted by molar-refractivity contribution is 0.0760. The van der Waals surface area contributed by atoms with E-state index >= 15 is 0 Å². The Balaban J connectivity index is 1.86. The van der Waals surface area contributed by atoms with Gasteiger partial charge in [-0.25, -0.2) is 0 Å². The number of benzene rings is 2. The minimum absolute atomic E-state index is 0.0858. The fourth-order valence-electron chi connectivity index (χ4n) is 2.94. The monoisotopic (exact) mass is 327 g/mol. The second-order valence-corrected chi connectivity index (χ2v) is 7.00. The Kier molecular flexibility index (Phi) is 4.62. The van der Waals surface area contributed by atoms with Gasteiger partial charge in [-0.3, -0.25) is 4.79 Å². The highest BCUT2D eigenvalue weighted by atomic mass is 32.2. The zero-order chi connectivity index (χ0) is 16.4. The Morgan fingerprint density at radius 1 is 1.17 bits per heavy atom. The van der Waals surface area contributed by atoms with Gasteiger partial charge in [0.05, 0.1) is 7.11 Å². The highest BCUT2D eigenvalue weighted by molar-refractivity contribution is 7.99. The normalized spacial score (nSPS) is 17.3. The maximum atomic E-state index is 12.9. The summed E-state index contributed by atoms with van der Waals surface area (Å²) >= 11 is 1.83. The van der Waals surface area contributed by atoms with Crippen LogP contribution >= 0.6 is 11.8 Å². The summed E-state index contributed by atoms with van der Waals surface area (Å²) in [6.45, 7) is 5.00. The molecule has 4 heteroatoms. The SMILES string of the molecule is COc1ccc(C(=O)N2CCS[C@H]2c2ccc(C)cc2C)cc1. The van der Waals surface area contributed by atoms with Gasteiger partial charge in [0.1, 0.15) is 11.1 Å². The molecule has 3 rings (SSSR count). The summed E-state index contributed by atoms with van der Waals surface area (Å²) in [7, 11) is 1.63. The Morgan fingerprint density at radius 3 is 2.57 bits per heavy atom. The van der Waals surface area contributed by atoms with Gasteiger partial charge >= 0.3 is 0 Å². The molecule has 0 spiro atoms. The van der Waals surface area contributed by atoms with Crippen molar-refractivity contribution in [3.05, 3.63) is 64.7 Å². The predicted molar refractivity (Wildman–Crippen MR) is 95.1 cm³/mol. The van der Waals surface area contributed by atoms with E-state index in [1.807, 2.05) is 40.9 Å². The highest BCUT2D eigenvalue weighted by Crippen LogP contribution is 2.40. The molecule has 1 heterocycles. The van der Waals surface area contributed by atoms with Gasteiger partial charge in [-0.2, -0.15) is 0 Å². The number of nitrogens with zero attached hydrogens (tertiary/aromatic N) is 1. The maximum Gasteiger partial charge on any atom is 0.255 e. The third kappa shape index (κ3) is 3.22. The van der Waals surface area contributed by atoms with Gasteiger partial charge in [-0.05, 0) is 49.2 Å². The zero-order valence-electron chi connectivity index (χ0n) is 13.7. The fraction of sp³-hybridized carbons (Fsp3) is 0.316. The fourth-order valence-corrected chi connectivity index (χ4v) is 4.29. The Labute approximate surface area is 141 Å². The first kappa shape index (κ1) is 15.9. The molecule has 0 N–H and O–H groups in total. The van der Waals surface area contributed by atoms with Crippen LogP contribution in [0.15, 0.2) is 42.5 Å². The molecular weight excluding hydrogens is 306 g/mol. The molecule has 1 saturated heterocycles.